The highest BCUT2D eigenvalue weighted by Crippen LogP contribution is 2.59. The fraction of sp³-hybridized carbons (Fsp3) is 0.467. The van der Waals surface area contributed by atoms with Crippen molar-refractivity contribution in [3.05, 3.63) is 24.3 Å². The van der Waals surface area contributed by atoms with E-state index in [0.717, 1.165) is 5.69 Å². The topological polar surface area (TPSA) is 66.8 Å². The molecule has 0 radical (unpaired) electrons. The second kappa shape index (κ2) is 4.81. The number of ether oxygens (including phenoxy) is 1. The molecule has 1 aromatic carbocycles. The van der Waals surface area contributed by atoms with Crippen LogP contribution in [0.15, 0.2) is 24.3 Å². The molecule has 108 valence electrons. The molecular weight excluding hydrogens is 258 g/mol. The zero-order valence-electron chi connectivity index (χ0n) is 12.1. The fourth-order valence-electron chi connectivity index (χ4n) is 2.70. The van der Waals surface area contributed by atoms with Gasteiger partial charge in [0.05, 0.1) is 18.9 Å². The molecule has 0 aliphatic heterocycles. The van der Waals surface area contributed by atoms with Gasteiger partial charge in [0.1, 0.15) is 5.75 Å². The van der Waals surface area contributed by atoms with E-state index in [0.29, 0.717) is 5.75 Å². The normalized spacial score (nSPS) is 23.0. The van der Waals surface area contributed by atoms with Crippen LogP contribution >= 0.6 is 0 Å². The summed E-state index contributed by atoms with van der Waals surface area (Å²) in [5, 5.41) is 9.14. The first-order valence-corrected chi connectivity index (χ1v) is 6.45. The molecule has 0 spiro atoms. The molecule has 1 fully saturated rings. The molecular formula is C15H19NO4. The highest BCUT2D eigenvalue weighted by molar-refractivity contribution is 6.01. The summed E-state index contributed by atoms with van der Waals surface area (Å²) in [5.41, 5.74) is 0.242. The Morgan fingerprint density at radius 2 is 1.75 bits per heavy atom. The molecule has 2 unspecified atom stereocenters. The SMILES string of the molecule is COc1ccc(N(C)C(=O)C2C(C(=O)O)C2(C)C)cc1. The zero-order valence-corrected chi connectivity index (χ0v) is 12.1. The molecule has 1 amide bonds. The Morgan fingerprint density at radius 1 is 1.20 bits per heavy atom. The first kappa shape index (κ1) is 14.4. The summed E-state index contributed by atoms with van der Waals surface area (Å²) >= 11 is 0. The van der Waals surface area contributed by atoms with Crippen LogP contribution in [-0.2, 0) is 9.59 Å². The molecule has 1 aromatic rings. The van der Waals surface area contributed by atoms with Gasteiger partial charge in [-0.2, -0.15) is 0 Å². The third-order valence-electron chi connectivity index (χ3n) is 4.15. The third kappa shape index (κ3) is 2.24. The fourth-order valence-corrected chi connectivity index (χ4v) is 2.70. The lowest BCUT2D eigenvalue weighted by Crippen LogP contribution is -2.29. The number of hydrogen-bond donors (Lipinski definition) is 1. The Morgan fingerprint density at radius 3 is 2.15 bits per heavy atom. The van der Waals surface area contributed by atoms with Gasteiger partial charge in [-0.15, -0.1) is 0 Å². The van der Waals surface area contributed by atoms with Gasteiger partial charge in [-0.25, -0.2) is 0 Å². The number of carbonyl (C=O) groups excluding carboxylic acids is 1. The molecule has 1 aliphatic rings. The van der Waals surface area contributed by atoms with Crippen molar-refractivity contribution in [2.24, 2.45) is 17.3 Å². The van der Waals surface area contributed by atoms with E-state index in [1.165, 1.54) is 4.90 Å². The van der Waals surface area contributed by atoms with Gasteiger partial charge in [-0.3, -0.25) is 9.59 Å². The highest BCUT2D eigenvalue weighted by Gasteiger charge is 2.66. The molecule has 5 nitrogen and oxygen atoms in total. The van der Waals surface area contributed by atoms with Gasteiger partial charge in [0.15, 0.2) is 0 Å². The summed E-state index contributed by atoms with van der Waals surface area (Å²) < 4.78 is 5.07. The van der Waals surface area contributed by atoms with E-state index in [1.807, 2.05) is 13.8 Å². The Labute approximate surface area is 118 Å². The number of anilines is 1. The molecule has 0 aromatic heterocycles. The van der Waals surface area contributed by atoms with Gasteiger partial charge >= 0.3 is 5.97 Å². The van der Waals surface area contributed by atoms with Crippen LogP contribution in [0.4, 0.5) is 5.69 Å². The molecule has 1 aliphatic carbocycles. The number of amides is 1. The molecule has 2 rings (SSSR count). The molecule has 1 N–H and O–H groups in total. The Balaban J connectivity index is 2.15. The zero-order chi connectivity index (χ0) is 15.1. The Kier molecular flexibility index (Phi) is 3.46. The van der Waals surface area contributed by atoms with Crippen molar-refractivity contribution >= 4 is 17.6 Å². The van der Waals surface area contributed by atoms with Crippen molar-refractivity contribution in [3.63, 3.8) is 0 Å². The van der Waals surface area contributed by atoms with Crippen LogP contribution < -0.4 is 9.64 Å². The maximum absolute atomic E-state index is 12.4. The van der Waals surface area contributed by atoms with Gasteiger partial charge in [0.25, 0.3) is 0 Å². The van der Waals surface area contributed by atoms with Crippen LogP contribution in [0.2, 0.25) is 0 Å². The smallest absolute Gasteiger partial charge is 0.307 e. The lowest BCUT2D eigenvalue weighted by Gasteiger charge is -2.18. The molecule has 0 heterocycles. The second-order valence-electron chi connectivity index (χ2n) is 5.71. The maximum atomic E-state index is 12.4. The second-order valence-corrected chi connectivity index (χ2v) is 5.71. The average molecular weight is 277 g/mol. The molecule has 5 heteroatoms. The summed E-state index contributed by atoms with van der Waals surface area (Å²) in [6.45, 7) is 3.63. The monoisotopic (exact) mass is 277 g/mol. The lowest BCUT2D eigenvalue weighted by molar-refractivity contribution is -0.140. The van der Waals surface area contributed by atoms with Crippen LogP contribution in [-0.4, -0.2) is 31.1 Å². The number of hydrogen-bond acceptors (Lipinski definition) is 3. The predicted molar refractivity (Wildman–Crippen MR) is 74.8 cm³/mol. The number of carboxylic acids is 1. The van der Waals surface area contributed by atoms with Gasteiger partial charge in [0.2, 0.25) is 5.91 Å². The standard InChI is InChI=1S/C15H19NO4/c1-15(2)11(12(15)14(18)19)13(17)16(3)9-5-7-10(20-4)8-6-9/h5-8,11-12H,1-4H3,(H,18,19). The van der Waals surface area contributed by atoms with Crippen LogP contribution in [0.1, 0.15) is 13.8 Å². The molecule has 0 saturated heterocycles. The van der Waals surface area contributed by atoms with Gasteiger partial charge in [0, 0.05) is 12.7 Å². The lowest BCUT2D eigenvalue weighted by atomic mass is 10.1. The summed E-state index contributed by atoms with van der Waals surface area (Å²) in [4.78, 5) is 25.1. The van der Waals surface area contributed by atoms with E-state index in [2.05, 4.69) is 0 Å². The van der Waals surface area contributed by atoms with Crippen molar-refractivity contribution in [1.82, 2.24) is 0 Å². The van der Waals surface area contributed by atoms with E-state index in [1.54, 1.807) is 38.4 Å². The minimum atomic E-state index is -0.906. The van der Waals surface area contributed by atoms with Crippen molar-refractivity contribution in [2.75, 3.05) is 19.1 Å². The maximum Gasteiger partial charge on any atom is 0.307 e. The van der Waals surface area contributed by atoms with E-state index < -0.39 is 23.2 Å². The van der Waals surface area contributed by atoms with Crippen molar-refractivity contribution in [1.29, 1.82) is 0 Å². The molecule has 1 saturated carbocycles. The number of rotatable bonds is 4. The summed E-state index contributed by atoms with van der Waals surface area (Å²) in [6, 6.07) is 7.10. The minimum Gasteiger partial charge on any atom is -0.497 e. The quantitative estimate of drug-likeness (QED) is 0.914. The number of methoxy groups -OCH3 is 1. The first-order valence-electron chi connectivity index (χ1n) is 6.45. The number of carbonyl (C=O) groups is 2. The summed E-state index contributed by atoms with van der Waals surface area (Å²) in [5.74, 6) is -1.42. The van der Waals surface area contributed by atoms with Crippen LogP contribution in [0.25, 0.3) is 0 Å². The number of carboxylic acid groups (broad SMARTS) is 1. The molecule has 0 bridgehead atoms. The van der Waals surface area contributed by atoms with Gasteiger partial charge in [-0.05, 0) is 29.7 Å². The third-order valence-corrected chi connectivity index (χ3v) is 4.15. The van der Waals surface area contributed by atoms with Crippen molar-refractivity contribution in [3.8, 4) is 5.75 Å². The number of aliphatic carboxylic acids is 1. The summed E-state index contributed by atoms with van der Waals surface area (Å²) in [6.07, 6.45) is 0. The van der Waals surface area contributed by atoms with E-state index in [-0.39, 0.29) is 5.91 Å². The molecule has 2 atom stereocenters. The minimum absolute atomic E-state index is 0.160. The Bertz CT molecular complexity index is 535. The predicted octanol–water partition coefficient (Wildman–Crippen LogP) is 2.01. The van der Waals surface area contributed by atoms with Crippen LogP contribution in [0, 0.1) is 17.3 Å². The number of nitrogens with zero attached hydrogens (tertiary/aromatic N) is 1. The molecule has 20 heavy (non-hydrogen) atoms. The van der Waals surface area contributed by atoms with Crippen molar-refractivity contribution in [2.45, 2.75) is 13.8 Å². The van der Waals surface area contributed by atoms with E-state index in [9.17, 15) is 9.59 Å². The highest BCUT2D eigenvalue weighted by atomic mass is 16.5. The largest absolute Gasteiger partial charge is 0.497 e. The average Bonchev–Trinajstić information content (AvgIpc) is 3.00. The van der Waals surface area contributed by atoms with Gasteiger partial charge < -0.3 is 14.7 Å². The van der Waals surface area contributed by atoms with E-state index >= 15 is 0 Å². The Hall–Kier alpha value is -2.04. The summed E-state index contributed by atoms with van der Waals surface area (Å²) in [7, 11) is 3.24. The van der Waals surface area contributed by atoms with Crippen LogP contribution in [0.5, 0.6) is 5.75 Å². The van der Waals surface area contributed by atoms with E-state index in [4.69, 9.17) is 9.84 Å². The van der Waals surface area contributed by atoms with Crippen LogP contribution in [0.3, 0.4) is 0 Å². The first-order chi connectivity index (χ1) is 9.30. The van der Waals surface area contributed by atoms with Gasteiger partial charge in [-0.1, -0.05) is 13.8 Å². The van der Waals surface area contributed by atoms with Crippen molar-refractivity contribution < 1.29 is 19.4 Å². The number of benzene rings is 1.